The molecule has 1 saturated heterocycles. The summed E-state index contributed by atoms with van der Waals surface area (Å²) in [6.07, 6.45) is 0. The predicted octanol–water partition coefficient (Wildman–Crippen LogP) is 0.815. The maximum Gasteiger partial charge on any atom is 0.255 e. The number of morpholine rings is 1. The van der Waals surface area contributed by atoms with E-state index < -0.39 is 0 Å². The number of hydrogen-bond donors (Lipinski definition) is 1. The monoisotopic (exact) mass is 277 g/mol. The number of carbonyl (C=O) groups excluding carboxylic acids is 1. The predicted molar refractivity (Wildman–Crippen MR) is 80.4 cm³/mol. The van der Waals surface area contributed by atoms with Gasteiger partial charge in [-0.15, -0.1) is 0 Å². The molecule has 1 aliphatic heterocycles. The molecule has 1 aromatic rings. The molecule has 110 valence electrons. The number of nitrogens with zero attached hydrogens (tertiary/aromatic N) is 2. The molecule has 0 bridgehead atoms. The van der Waals surface area contributed by atoms with Crippen molar-refractivity contribution >= 4 is 11.6 Å². The van der Waals surface area contributed by atoms with Crippen molar-refractivity contribution < 1.29 is 9.53 Å². The maximum absolute atomic E-state index is 12.6. The zero-order valence-electron chi connectivity index (χ0n) is 12.3. The second-order valence-corrected chi connectivity index (χ2v) is 4.95. The minimum Gasteiger partial charge on any atom is -0.378 e. The summed E-state index contributed by atoms with van der Waals surface area (Å²) in [5.41, 5.74) is 1.78. The van der Waals surface area contributed by atoms with Crippen molar-refractivity contribution in [2.45, 2.75) is 0 Å². The number of amides is 1. The minimum absolute atomic E-state index is 0.0716. The fourth-order valence-electron chi connectivity index (χ4n) is 2.32. The summed E-state index contributed by atoms with van der Waals surface area (Å²) in [7, 11) is 3.73. The van der Waals surface area contributed by atoms with E-state index in [0.29, 0.717) is 6.54 Å². The molecule has 1 aromatic carbocycles. The number of carbonyl (C=O) groups is 1. The van der Waals surface area contributed by atoms with Gasteiger partial charge in [0, 0.05) is 38.9 Å². The molecule has 1 N–H and O–H groups in total. The maximum atomic E-state index is 12.6. The highest BCUT2D eigenvalue weighted by molar-refractivity contribution is 5.99. The number of para-hydroxylation sites is 1. The minimum atomic E-state index is 0.0716. The van der Waals surface area contributed by atoms with Crippen LogP contribution in [0, 0.1) is 0 Å². The summed E-state index contributed by atoms with van der Waals surface area (Å²) < 4.78 is 5.38. The average molecular weight is 277 g/mol. The van der Waals surface area contributed by atoms with Crippen LogP contribution in [0.1, 0.15) is 10.4 Å². The topological polar surface area (TPSA) is 44.8 Å². The lowest BCUT2D eigenvalue weighted by Crippen LogP contribution is -2.38. The molecule has 2 rings (SSSR count). The summed E-state index contributed by atoms with van der Waals surface area (Å²) >= 11 is 0. The molecule has 0 aliphatic carbocycles. The SMILES string of the molecule is CNCCN(C)C(=O)c1ccccc1N1CCOCC1. The molecule has 0 saturated carbocycles. The Hall–Kier alpha value is -1.59. The first-order valence-corrected chi connectivity index (χ1v) is 7.06. The zero-order chi connectivity index (χ0) is 14.4. The number of benzene rings is 1. The van der Waals surface area contributed by atoms with Crippen LogP contribution in [0.25, 0.3) is 0 Å². The van der Waals surface area contributed by atoms with Gasteiger partial charge in [-0.05, 0) is 19.2 Å². The first-order chi connectivity index (χ1) is 9.74. The summed E-state index contributed by atoms with van der Waals surface area (Å²) in [5, 5.41) is 3.06. The van der Waals surface area contributed by atoms with E-state index in [-0.39, 0.29) is 5.91 Å². The van der Waals surface area contributed by atoms with Gasteiger partial charge in [-0.2, -0.15) is 0 Å². The molecule has 5 heteroatoms. The first kappa shape index (κ1) is 14.8. The van der Waals surface area contributed by atoms with Crippen LogP contribution in [0.2, 0.25) is 0 Å². The molecular weight excluding hydrogens is 254 g/mol. The first-order valence-electron chi connectivity index (χ1n) is 7.06. The van der Waals surface area contributed by atoms with Gasteiger partial charge in [-0.3, -0.25) is 4.79 Å². The number of likely N-dealkylation sites (N-methyl/N-ethyl adjacent to an activating group) is 2. The Bertz CT molecular complexity index is 444. The largest absolute Gasteiger partial charge is 0.378 e. The lowest BCUT2D eigenvalue weighted by molar-refractivity contribution is 0.0796. The summed E-state index contributed by atoms with van der Waals surface area (Å²) in [5.74, 6) is 0.0716. The van der Waals surface area contributed by atoms with Crippen LogP contribution in [-0.2, 0) is 4.74 Å². The lowest BCUT2D eigenvalue weighted by atomic mass is 10.1. The van der Waals surface area contributed by atoms with Crippen LogP contribution >= 0.6 is 0 Å². The number of anilines is 1. The van der Waals surface area contributed by atoms with Crippen molar-refractivity contribution in [3.63, 3.8) is 0 Å². The van der Waals surface area contributed by atoms with Crippen LogP contribution in [-0.4, -0.2) is 64.3 Å². The molecule has 20 heavy (non-hydrogen) atoms. The van der Waals surface area contributed by atoms with E-state index in [1.54, 1.807) is 4.90 Å². The Kier molecular flexibility index (Phi) is 5.38. The Morgan fingerprint density at radius 2 is 2.05 bits per heavy atom. The fraction of sp³-hybridized carbons (Fsp3) is 0.533. The van der Waals surface area contributed by atoms with Gasteiger partial charge in [-0.1, -0.05) is 12.1 Å². The fourth-order valence-corrected chi connectivity index (χ4v) is 2.32. The Labute approximate surface area is 120 Å². The normalized spacial score (nSPS) is 15.2. The van der Waals surface area contributed by atoms with Crippen molar-refractivity contribution in [2.24, 2.45) is 0 Å². The van der Waals surface area contributed by atoms with Crippen LogP contribution in [0.3, 0.4) is 0 Å². The Morgan fingerprint density at radius 3 is 2.75 bits per heavy atom. The highest BCUT2D eigenvalue weighted by atomic mass is 16.5. The van der Waals surface area contributed by atoms with E-state index in [1.165, 1.54) is 0 Å². The zero-order valence-corrected chi connectivity index (χ0v) is 12.3. The molecule has 0 atom stereocenters. The van der Waals surface area contributed by atoms with Gasteiger partial charge in [0.1, 0.15) is 0 Å². The Balaban J connectivity index is 2.16. The van der Waals surface area contributed by atoms with Crippen LogP contribution < -0.4 is 10.2 Å². The molecule has 0 spiro atoms. The molecule has 0 radical (unpaired) electrons. The molecule has 0 unspecified atom stereocenters. The summed E-state index contributed by atoms with van der Waals surface area (Å²) in [6.45, 7) is 4.61. The highest BCUT2D eigenvalue weighted by Gasteiger charge is 2.20. The third-order valence-electron chi connectivity index (χ3n) is 3.53. The number of ether oxygens (including phenoxy) is 1. The van der Waals surface area contributed by atoms with Crippen molar-refractivity contribution in [2.75, 3.05) is 58.4 Å². The van der Waals surface area contributed by atoms with Gasteiger partial charge in [0.2, 0.25) is 0 Å². The Morgan fingerprint density at radius 1 is 1.35 bits per heavy atom. The highest BCUT2D eigenvalue weighted by Crippen LogP contribution is 2.22. The van der Waals surface area contributed by atoms with Gasteiger partial charge in [-0.25, -0.2) is 0 Å². The van der Waals surface area contributed by atoms with Crippen LogP contribution in [0.5, 0.6) is 0 Å². The van der Waals surface area contributed by atoms with Gasteiger partial charge in [0.05, 0.1) is 18.8 Å². The smallest absolute Gasteiger partial charge is 0.255 e. The lowest BCUT2D eigenvalue weighted by Gasteiger charge is -2.31. The van der Waals surface area contributed by atoms with Gasteiger partial charge >= 0.3 is 0 Å². The number of rotatable bonds is 5. The molecule has 1 aliphatic rings. The summed E-state index contributed by atoms with van der Waals surface area (Å²) in [6, 6.07) is 7.83. The standard InChI is InChI=1S/C15H23N3O2/c1-16-7-8-17(2)15(19)13-5-3-4-6-14(13)18-9-11-20-12-10-18/h3-6,16H,7-12H2,1-2H3. The van der Waals surface area contributed by atoms with Gasteiger partial charge in [0.15, 0.2) is 0 Å². The molecule has 5 nitrogen and oxygen atoms in total. The molecule has 0 aromatic heterocycles. The van der Waals surface area contributed by atoms with Crippen molar-refractivity contribution in [1.29, 1.82) is 0 Å². The third-order valence-corrected chi connectivity index (χ3v) is 3.53. The van der Waals surface area contributed by atoms with E-state index in [9.17, 15) is 4.79 Å². The third kappa shape index (κ3) is 3.49. The average Bonchev–Trinajstić information content (AvgIpc) is 2.52. The second-order valence-electron chi connectivity index (χ2n) is 4.95. The molecule has 1 fully saturated rings. The second kappa shape index (κ2) is 7.26. The van der Waals surface area contributed by atoms with Crippen LogP contribution in [0.15, 0.2) is 24.3 Å². The van der Waals surface area contributed by atoms with E-state index in [2.05, 4.69) is 10.2 Å². The van der Waals surface area contributed by atoms with E-state index in [1.807, 2.05) is 38.4 Å². The summed E-state index contributed by atoms with van der Waals surface area (Å²) in [4.78, 5) is 16.5. The van der Waals surface area contributed by atoms with E-state index in [4.69, 9.17) is 4.74 Å². The van der Waals surface area contributed by atoms with Crippen LogP contribution in [0.4, 0.5) is 5.69 Å². The molecular formula is C15H23N3O2. The molecule has 1 amide bonds. The van der Waals surface area contributed by atoms with Crippen molar-refractivity contribution in [3.05, 3.63) is 29.8 Å². The quantitative estimate of drug-likeness (QED) is 0.865. The molecule has 1 heterocycles. The van der Waals surface area contributed by atoms with Crippen molar-refractivity contribution in [1.82, 2.24) is 10.2 Å². The number of nitrogens with one attached hydrogen (secondary N) is 1. The van der Waals surface area contributed by atoms with Gasteiger partial charge < -0.3 is 19.9 Å². The van der Waals surface area contributed by atoms with E-state index in [0.717, 1.165) is 44.1 Å². The van der Waals surface area contributed by atoms with E-state index >= 15 is 0 Å². The van der Waals surface area contributed by atoms with Crippen molar-refractivity contribution in [3.8, 4) is 0 Å². The van der Waals surface area contributed by atoms with Gasteiger partial charge in [0.25, 0.3) is 5.91 Å². The number of hydrogen-bond acceptors (Lipinski definition) is 4.